The zero-order valence-corrected chi connectivity index (χ0v) is 76.8. The maximum absolute atomic E-state index is 9.32. The molecule has 0 unspecified atom stereocenters. The Morgan fingerprint density at radius 1 is 0.333 bits per heavy atom. The molecule has 26 nitrogen and oxygen atoms in total. The number of alkyl halides is 18. The molecule has 3 N–H and O–H groups in total. The van der Waals surface area contributed by atoms with E-state index in [1.165, 1.54) is 18.2 Å². The Kier molecular flexibility index (Phi) is 35.6. The van der Waals surface area contributed by atoms with E-state index in [0.29, 0.717) is 11.3 Å². The highest BCUT2D eigenvalue weighted by Gasteiger charge is 2.35. The predicted octanol–water partition coefficient (Wildman–Crippen LogP) is 25.9. The van der Waals surface area contributed by atoms with E-state index in [4.69, 9.17) is 269 Å². The van der Waals surface area contributed by atoms with Crippen LogP contribution in [0, 0.1) is 0 Å². The van der Waals surface area contributed by atoms with Crippen molar-refractivity contribution in [2.45, 2.75) is 49.1 Å². The normalized spacial score (nSPS) is 12.6. The van der Waals surface area contributed by atoms with Gasteiger partial charge in [0, 0.05) is 41.5 Å². The molecular formula is C79H58Cl18N12O14. The predicted molar refractivity (Wildman–Crippen MR) is 483 cm³/mol. The number of nitrogens with zero attached hydrogens (tertiary/aromatic N) is 12. The van der Waals surface area contributed by atoms with Crippen molar-refractivity contribution in [3.63, 3.8) is 0 Å². The lowest BCUT2D eigenvalue weighted by atomic mass is 10.0. The van der Waals surface area contributed by atoms with Crippen LogP contribution in [-0.4, -0.2) is 103 Å². The number of para-hydroxylation sites is 1. The summed E-state index contributed by atoms with van der Waals surface area (Å²) < 4.78 is 47.7. The fourth-order valence-corrected chi connectivity index (χ4v) is 10.5. The Hall–Kier alpha value is -8.56. The molecule has 6 aromatic heterocycles. The summed E-state index contributed by atoms with van der Waals surface area (Å²) in [7, 11) is 3.22. The number of fused-ring (bicyclic) bond motifs is 1. The minimum Gasteiger partial charge on any atom is -0.508 e. The van der Waals surface area contributed by atoms with E-state index < -0.39 is 22.8 Å². The zero-order chi connectivity index (χ0) is 89.5. The molecule has 44 heteroatoms. The molecule has 123 heavy (non-hydrogen) atoms. The molecule has 7 heterocycles. The molecule has 0 amide bonds. The summed E-state index contributed by atoms with van der Waals surface area (Å²) in [5, 5.41) is 72.3. The van der Waals surface area contributed by atoms with Crippen LogP contribution in [0.2, 0.25) is 0 Å². The van der Waals surface area contributed by atoms with Crippen LogP contribution in [0.25, 0.3) is 72.4 Å². The number of hydrogen-bond acceptors (Lipinski definition) is 26. The average molecular weight is 2040 g/mol. The smallest absolute Gasteiger partial charge is 0.268 e. The van der Waals surface area contributed by atoms with Gasteiger partial charge < -0.3 is 65.5 Å². The second kappa shape index (κ2) is 44.5. The van der Waals surface area contributed by atoms with Crippen LogP contribution in [0.4, 0.5) is 0 Å². The van der Waals surface area contributed by atoms with E-state index in [0.717, 1.165) is 62.0 Å². The third-order valence-electron chi connectivity index (χ3n) is 14.6. The Morgan fingerprint density at radius 2 is 0.699 bits per heavy atom. The van der Waals surface area contributed by atoms with Gasteiger partial charge in [0.2, 0.25) is 42.1 Å². The molecule has 0 bridgehead atoms. The number of halogens is 18. The van der Waals surface area contributed by atoms with Gasteiger partial charge in [-0.15, -0.1) is 61.2 Å². The van der Waals surface area contributed by atoms with E-state index >= 15 is 0 Å². The molecule has 0 spiro atoms. The van der Waals surface area contributed by atoms with E-state index in [2.05, 4.69) is 61.2 Å². The van der Waals surface area contributed by atoms with Gasteiger partial charge in [-0.2, -0.15) is 0 Å². The SMILES string of the molecule is CC(C)(C)Oc1ccc(C=Cc2nnc(C(Cl)(Cl)Cl)o2)cc1.COc1ccc(C=C(c2ccccc2)c2nnc(C(Cl)(Cl)Cl)o2)cc1.COc1ccccc1C=Cc1nnc(C(Cl)(Cl)Cl)o1.ClC(Cl)(Cl)c1nnc(C=Cc2ccc3c(c2)OCO3)o1.Oc1ccc(C=Cc2nnc(C(Cl)(Cl)Cl)o2)cc1.Oc1ccc(C=Cc2nnc(C(Cl)(Cl)Cl)o2)cc1O. The van der Waals surface area contributed by atoms with Crippen molar-refractivity contribution in [1.29, 1.82) is 0 Å². The van der Waals surface area contributed by atoms with Crippen LogP contribution >= 0.6 is 209 Å². The van der Waals surface area contributed by atoms with Gasteiger partial charge in [-0.25, -0.2) is 0 Å². The molecule has 13 aromatic rings. The molecule has 0 fully saturated rings. The van der Waals surface area contributed by atoms with Gasteiger partial charge >= 0.3 is 0 Å². The van der Waals surface area contributed by atoms with Crippen molar-refractivity contribution in [3.8, 4) is 46.0 Å². The van der Waals surface area contributed by atoms with Crippen molar-refractivity contribution in [2.75, 3.05) is 21.0 Å². The first-order valence-corrected chi connectivity index (χ1v) is 41.1. The fourth-order valence-electron chi connectivity index (χ4n) is 9.16. The van der Waals surface area contributed by atoms with E-state index in [-0.39, 0.29) is 100 Å². The minimum absolute atomic E-state index is 0.0638. The lowest BCUT2D eigenvalue weighted by Gasteiger charge is -2.21. The van der Waals surface area contributed by atoms with Crippen molar-refractivity contribution in [3.05, 3.63) is 273 Å². The van der Waals surface area contributed by atoms with Crippen molar-refractivity contribution < 1.29 is 65.5 Å². The Labute approximate surface area is 790 Å². The van der Waals surface area contributed by atoms with Gasteiger partial charge in [0.1, 0.15) is 28.6 Å². The van der Waals surface area contributed by atoms with Crippen LogP contribution in [0.1, 0.15) is 130 Å². The first-order chi connectivity index (χ1) is 57.9. The summed E-state index contributed by atoms with van der Waals surface area (Å²) in [5.74, 6) is 4.37. The average Bonchev–Trinajstić information content (AvgIpc) is 1.68. The molecule has 1 aliphatic heterocycles. The largest absolute Gasteiger partial charge is 0.508 e. The number of hydrogen-bond donors (Lipinski definition) is 3. The molecule has 644 valence electrons. The summed E-state index contributed by atoms with van der Waals surface area (Å²) in [6.45, 7) is 6.23. The van der Waals surface area contributed by atoms with E-state index in [1.54, 1.807) is 93.2 Å². The summed E-state index contributed by atoms with van der Waals surface area (Å²) in [6.07, 6.45) is 18.6. The van der Waals surface area contributed by atoms with Gasteiger partial charge in [0.15, 0.2) is 23.0 Å². The lowest BCUT2D eigenvalue weighted by Crippen LogP contribution is -2.22. The monoisotopic (exact) mass is 2030 g/mol. The van der Waals surface area contributed by atoms with Crippen molar-refractivity contribution in [2.24, 2.45) is 0 Å². The molecule has 0 atom stereocenters. The fraction of sp³-hybridized carbons (Fsp3) is 0.165. The molecule has 0 radical (unpaired) electrons. The second-order valence-corrected chi connectivity index (χ2v) is 38.7. The van der Waals surface area contributed by atoms with Crippen LogP contribution < -0.4 is 23.7 Å². The highest BCUT2D eigenvalue weighted by Crippen LogP contribution is 2.43. The topological polar surface area (TPSA) is 340 Å². The Morgan fingerprint density at radius 3 is 1.11 bits per heavy atom. The summed E-state index contributed by atoms with van der Waals surface area (Å²) in [5.41, 5.74) is 6.54. The van der Waals surface area contributed by atoms with Gasteiger partial charge in [0.25, 0.3) is 58.1 Å². The number of rotatable bonds is 16. The Bertz CT molecular complexity index is 5760. The molecule has 1 aliphatic rings. The van der Waals surface area contributed by atoms with Crippen LogP contribution in [0.5, 0.6) is 46.0 Å². The number of phenolic OH excluding ortho intramolecular Hbond substituents is 3. The van der Waals surface area contributed by atoms with Gasteiger partial charge in [0.05, 0.1) is 14.2 Å². The summed E-state index contributed by atoms with van der Waals surface area (Å²) in [4.78, 5) is 0. The molecule has 14 rings (SSSR count). The third kappa shape index (κ3) is 32.4. The number of phenols is 3. The van der Waals surface area contributed by atoms with Crippen molar-refractivity contribution >= 4 is 281 Å². The van der Waals surface area contributed by atoms with E-state index in [9.17, 15) is 5.11 Å². The van der Waals surface area contributed by atoms with E-state index in [1.807, 2.05) is 154 Å². The Balaban J connectivity index is 0.000000168. The number of aromatic hydroxyl groups is 3. The van der Waals surface area contributed by atoms with Crippen LogP contribution in [-0.2, 0) is 22.8 Å². The van der Waals surface area contributed by atoms with Gasteiger partial charge in [-0.05, 0) is 157 Å². The van der Waals surface area contributed by atoms with Crippen LogP contribution in [0.15, 0.2) is 190 Å². The quantitative estimate of drug-likeness (QED) is 0.0459. The molecular weight excluding hydrogens is 1980 g/mol. The van der Waals surface area contributed by atoms with Crippen molar-refractivity contribution in [1.82, 2.24) is 61.2 Å². The van der Waals surface area contributed by atoms with Crippen LogP contribution in [0.3, 0.4) is 0 Å². The highest BCUT2D eigenvalue weighted by atomic mass is 35.6. The number of benzene rings is 7. The van der Waals surface area contributed by atoms with Gasteiger partial charge in [-0.3, -0.25) is 0 Å². The first kappa shape index (κ1) is 98.2. The zero-order valence-electron chi connectivity index (χ0n) is 63.1. The summed E-state index contributed by atoms with van der Waals surface area (Å²) >= 11 is 102. The molecule has 0 saturated heterocycles. The molecule has 0 aliphatic carbocycles. The maximum Gasteiger partial charge on any atom is 0.268 e. The first-order valence-electron chi connectivity index (χ1n) is 34.3. The highest BCUT2D eigenvalue weighted by molar-refractivity contribution is 6.69. The minimum atomic E-state index is -1.77. The number of methoxy groups -OCH3 is 2. The second-order valence-electron chi connectivity index (χ2n) is 25.0. The third-order valence-corrected chi connectivity index (χ3v) is 17.5. The summed E-state index contributed by atoms with van der Waals surface area (Å²) in [6, 6.07) is 48.8. The number of aromatic nitrogens is 12. The van der Waals surface area contributed by atoms with Gasteiger partial charge in [-0.1, -0.05) is 306 Å². The number of ether oxygens (including phenoxy) is 5. The molecule has 0 saturated carbocycles. The lowest BCUT2D eigenvalue weighted by molar-refractivity contribution is 0.131. The standard InChI is InChI=1S/C18H13Cl3N2O2.C15H15Cl3N2O2.C12H7Cl3N2O3.C12H9Cl3N2O2.C11H7Cl3N2O3.C11H7Cl3N2O2/c1-24-14-9-7-12(8-10-14)11-15(13-5-3-2-4-6-13)16-22-23-17(25-16)18(19,20)21;1-14(2,3)22-11-7-4-10(5-8-11)6-9-12-19-20-13(21-12)15(16,17)18;13-12(14,15)11-17-16-10(20-11)4-2-7-1-3-8-9(5-7)19-6-18-8;1-18-9-5-3-2-4-8(9)6-7-10-16-17-11(19-10)12(13,14)15;12-11(13,14)10-16-15-9(19-10)4-2-6-1-3-7(17)8(18)5-6;12-11(13,14)10-16-15-9(18-10)6-3-7-1-4-8(17)5-2-7/h2-11H,1H3;4-9H,1-3H3;1-5H,6H2;2-7H,1H3;1-5,17-18H;1-6,17H. The maximum atomic E-state index is 9.32. The molecule has 7 aromatic carbocycles.